The van der Waals surface area contributed by atoms with Gasteiger partial charge in [0.25, 0.3) is 5.91 Å². The topological polar surface area (TPSA) is 23.6 Å². The fourth-order valence-electron chi connectivity index (χ4n) is 2.75. The van der Waals surface area contributed by atoms with Gasteiger partial charge in [0.15, 0.2) is 0 Å². The summed E-state index contributed by atoms with van der Waals surface area (Å²) in [5, 5.41) is 0. The quantitative estimate of drug-likeness (QED) is 0.750. The number of carbonyl (C=O) groups is 1. The second-order valence-electron chi connectivity index (χ2n) is 5.01. The summed E-state index contributed by atoms with van der Waals surface area (Å²) in [6.45, 7) is 2.84. The molecule has 0 atom stereocenters. The number of benzene rings is 1. The summed E-state index contributed by atoms with van der Waals surface area (Å²) in [5.41, 5.74) is 1.91. The third-order valence-corrected chi connectivity index (χ3v) is 4.46. The SMILES string of the molecule is O=C1C(N2CCCC2)=CCCN1c1ccc(I)cc1. The molecule has 0 unspecified atom stereocenters. The Hall–Kier alpha value is -1.04. The van der Waals surface area contributed by atoms with E-state index in [0.29, 0.717) is 0 Å². The van der Waals surface area contributed by atoms with E-state index in [4.69, 9.17) is 0 Å². The lowest BCUT2D eigenvalue weighted by Crippen LogP contribution is -2.41. The molecule has 0 N–H and O–H groups in total. The van der Waals surface area contributed by atoms with Crippen LogP contribution in [0, 0.1) is 3.57 Å². The molecule has 19 heavy (non-hydrogen) atoms. The normalized spacial score (nSPS) is 19.8. The van der Waals surface area contributed by atoms with Gasteiger partial charge in [-0.15, -0.1) is 0 Å². The molecule has 100 valence electrons. The highest BCUT2D eigenvalue weighted by Gasteiger charge is 2.28. The predicted molar refractivity (Wildman–Crippen MR) is 85.0 cm³/mol. The Labute approximate surface area is 127 Å². The maximum Gasteiger partial charge on any atom is 0.274 e. The maximum atomic E-state index is 12.6. The van der Waals surface area contributed by atoms with Crippen LogP contribution in [0.25, 0.3) is 0 Å². The lowest BCUT2D eigenvalue weighted by molar-refractivity contribution is -0.116. The van der Waals surface area contributed by atoms with Crippen molar-refractivity contribution in [1.82, 2.24) is 4.90 Å². The lowest BCUT2D eigenvalue weighted by Gasteiger charge is -2.31. The minimum Gasteiger partial charge on any atom is -0.367 e. The average Bonchev–Trinajstić information content (AvgIpc) is 2.94. The van der Waals surface area contributed by atoms with E-state index in [-0.39, 0.29) is 5.91 Å². The van der Waals surface area contributed by atoms with E-state index in [2.05, 4.69) is 45.7 Å². The summed E-state index contributed by atoms with van der Waals surface area (Å²) in [6.07, 6.45) is 5.46. The number of rotatable bonds is 2. The molecular formula is C15H17IN2O. The number of carbonyl (C=O) groups excluding carboxylic acids is 1. The van der Waals surface area contributed by atoms with Crippen LogP contribution in [0.2, 0.25) is 0 Å². The van der Waals surface area contributed by atoms with Gasteiger partial charge >= 0.3 is 0 Å². The second-order valence-corrected chi connectivity index (χ2v) is 6.25. The van der Waals surface area contributed by atoms with Crippen molar-refractivity contribution in [3.05, 3.63) is 39.6 Å². The molecule has 2 aliphatic rings. The smallest absolute Gasteiger partial charge is 0.274 e. The van der Waals surface area contributed by atoms with Gasteiger partial charge in [-0.3, -0.25) is 4.79 Å². The molecule has 4 heteroatoms. The second kappa shape index (κ2) is 5.53. The van der Waals surface area contributed by atoms with Crippen molar-refractivity contribution in [3.63, 3.8) is 0 Å². The highest BCUT2D eigenvalue weighted by molar-refractivity contribution is 14.1. The Morgan fingerprint density at radius 3 is 2.37 bits per heavy atom. The molecule has 0 spiro atoms. The molecule has 1 amide bonds. The largest absolute Gasteiger partial charge is 0.367 e. The molecular weight excluding hydrogens is 351 g/mol. The summed E-state index contributed by atoms with van der Waals surface area (Å²) in [5.74, 6) is 0.161. The number of amides is 1. The van der Waals surface area contributed by atoms with Gasteiger partial charge in [0.1, 0.15) is 0 Å². The van der Waals surface area contributed by atoms with Crippen LogP contribution < -0.4 is 4.90 Å². The van der Waals surface area contributed by atoms with Crippen molar-refractivity contribution in [2.24, 2.45) is 0 Å². The van der Waals surface area contributed by atoms with Gasteiger partial charge < -0.3 is 9.80 Å². The molecule has 0 bridgehead atoms. The van der Waals surface area contributed by atoms with Crippen LogP contribution in [0.1, 0.15) is 19.3 Å². The third kappa shape index (κ3) is 2.63. The summed E-state index contributed by atoms with van der Waals surface area (Å²) < 4.78 is 1.20. The average molecular weight is 368 g/mol. The van der Waals surface area contributed by atoms with Crippen molar-refractivity contribution in [3.8, 4) is 0 Å². The lowest BCUT2D eigenvalue weighted by atomic mass is 10.1. The minimum absolute atomic E-state index is 0.161. The Bertz CT molecular complexity index is 503. The molecule has 0 saturated carbocycles. The van der Waals surface area contributed by atoms with E-state index < -0.39 is 0 Å². The molecule has 1 fully saturated rings. The first kappa shape index (κ1) is 13.0. The van der Waals surface area contributed by atoms with Gasteiger partial charge in [-0.1, -0.05) is 6.08 Å². The van der Waals surface area contributed by atoms with E-state index in [1.807, 2.05) is 17.0 Å². The third-order valence-electron chi connectivity index (χ3n) is 3.74. The number of likely N-dealkylation sites (tertiary alicyclic amines) is 1. The van der Waals surface area contributed by atoms with Crippen LogP contribution in [0.4, 0.5) is 5.69 Å². The zero-order valence-electron chi connectivity index (χ0n) is 10.8. The molecule has 2 heterocycles. The fraction of sp³-hybridized carbons (Fsp3) is 0.400. The molecule has 1 aromatic rings. The van der Waals surface area contributed by atoms with Crippen LogP contribution >= 0.6 is 22.6 Å². The zero-order valence-corrected chi connectivity index (χ0v) is 13.0. The van der Waals surface area contributed by atoms with Gasteiger partial charge in [-0.2, -0.15) is 0 Å². The Balaban J connectivity index is 1.83. The number of nitrogens with zero attached hydrogens (tertiary/aromatic N) is 2. The predicted octanol–water partition coefficient (Wildman–Crippen LogP) is 3.01. The fourth-order valence-corrected chi connectivity index (χ4v) is 3.11. The van der Waals surface area contributed by atoms with Crippen LogP contribution in [-0.4, -0.2) is 30.4 Å². The highest BCUT2D eigenvalue weighted by Crippen LogP contribution is 2.25. The van der Waals surface area contributed by atoms with Gasteiger partial charge in [0, 0.05) is 28.9 Å². The number of halogens is 1. The van der Waals surface area contributed by atoms with E-state index in [9.17, 15) is 4.79 Å². The van der Waals surface area contributed by atoms with Crippen molar-refractivity contribution in [2.45, 2.75) is 19.3 Å². The number of anilines is 1. The first-order valence-corrected chi connectivity index (χ1v) is 7.86. The first-order chi connectivity index (χ1) is 9.25. The standard InChI is InChI=1S/C15H17IN2O/c16-12-5-7-13(8-6-12)18-11-3-4-14(15(18)19)17-9-1-2-10-17/h4-8H,1-3,9-11H2. The van der Waals surface area contributed by atoms with E-state index in [1.165, 1.54) is 16.4 Å². The monoisotopic (exact) mass is 368 g/mol. The van der Waals surface area contributed by atoms with Crippen molar-refractivity contribution < 1.29 is 4.79 Å². The van der Waals surface area contributed by atoms with Crippen LogP contribution in [0.3, 0.4) is 0 Å². The molecule has 3 rings (SSSR count). The summed E-state index contributed by atoms with van der Waals surface area (Å²) in [7, 11) is 0. The number of hydrogen-bond acceptors (Lipinski definition) is 2. The summed E-state index contributed by atoms with van der Waals surface area (Å²) in [6, 6.07) is 8.17. The highest BCUT2D eigenvalue weighted by atomic mass is 127. The zero-order chi connectivity index (χ0) is 13.2. The van der Waals surface area contributed by atoms with E-state index in [1.54, 1.807) is 0 Å². The number of hydrogen-bond donors (Lipinski definition) is 0. The van der Waals surface area contributed by atoms with Crippen molar-refractivity contribution in [2.75, 3.05) is 24.5 Å². The molecule has 0 aliphatic carbocycles. The molecule has 1 aromatic carbocycles. The maximum absolute atomic E-state index is 12.6. The van der Waals surface area contributed by atoms with Gasteiger partial charge in [-0.25, -0.2) is 0 Å². The molecule has 1 saturated heterocycles. The van der Waals surface area contributed by atoms with Crippen LogP contribution in [0.15, 0.2) is 36.0 Å². The van der Waals surface area contributed by atoms with E-state index in [0.717, 1.165) is 37.4 Å². The summed E-state index contributed by atoms with van der Waals surface area (Å²) in [4.78, 5) is 16.8. The molecule has 3 nitrogen and oxygen atoms in total. The van der Waals surface area contributed by atoms with Gasteiger partial charge in [0.2, 0.25) is 0 Å². The Morgan fingerprint density at radius 1 is 1.00 bits per heavy atom. The summed E-state index contributed by atoms with van der Waals surface area (Å²) >= 11 is 2.28. The van der Waals surface area contributed by atoms with Crippen molar-refractivity contribution >= 4 is 34.2 Å². The molecule has 2 aliphatic heterocycles. The minimum atomic E-state index is 0.161. The Kier molecular flexibility index (Phi) is 3.77. The van der Waals surface area contributed by atoms with E-state index >= 15 is 0 Å². The first-order valence-electron chi connectivity index (χ1n) is 6.78. The van der Waals surface area contributed by atoms with Gasteiger partial charge in [-0.05, 0) is 66.1 Å². The van der Waals surface area contributed by atoms with Crippen LogP contribution in [-0.2, 0) is 4.79 Å². The molecule has 0 radical (unpaired) electrons. The van der Waals surface area contributed by atoms with Crippen LogP contribution in [0.5, 0.6) is 0 Å². The molecule has 0 aromatic heterocycles. The Morgan fingerprint density at radius 2 is 1.68 bits per heavy atom. The van der Waals surface area contributed by atoms with Gasteiger partial charge in [0.05, 0.1) is 5.70 Å². The van der Waals surface area contributed by atoms with Crippen molar-refractivity contribution in [1.29, 1.82) is 0 Å².